The lowest BCUT2D eigenvalue weighted by atomic mass is 10.1. The van der Waals surface area contributed by atoms with Gasteiger partial charge in [-0.15, -0.1) is 0 Å². The van der Waals surface area contributed by atoms with Gasteiger partial charge in [-0.1, -0.05) is 24.3 Å². The molecule has 1 aromatic heterocycles. The van der Waals surface area contributed by atoms with E-state index >= 15 is 0 Å². The van der Waals surface area contributed by atoms with E-state index in [1.165, 1.54) is 0 Å². The summed E-state index contributed by atoms with van der Waals surface area (Å²) in [5.41, 5.74) is 2.99. The van der Waals surface area contributed by atoms with Crippen molar-refractivity contribution < 1.29 is 5.11 Å². The van der Waals surface area contributed by atoms with Crippen molar-refractivity contribution in [2.45, 2.75) is 19.6 Å². The molecule has 3 heteroatoms. The van der Waals surface area contributed by atoms with E-state index in [0.29, 0.717) is 0 Å². The van der Waals surface area contributed by atoms with Crippen LogP contribution in [0.3, 0.4) is 0 Å². The molecule has 0 aliphatic rings. The van der Waals surface area contributed by atoms with E-state index in [4.69, 9.17) is 0 Å². The minimum atomic E-state index is -0.465. The fourth-order valence-electron chi connectivity index (χ4n) is 2.01. The van der Waals surface area contributed by atoms with Crippen molar-refractivity contribution >= 4 is 5.69 Å². The number of pyridine rings is 1. The van der Waals surface area contributed by atoms with Gasteiger partial charge in [-0.25, -0.2) is 0 Å². The van der Waals surface area contributed by atoms with Crippen LogP contribution in [-0.4, -0.2) is 17.1 Å². The molecule has 94 valence electrons. The van der Waals surface area contributed by atoms with Gasteiger partial charge in [0.1, 0.15) is 0 Å². The Morgan fingerprint density at radius 2 is 1.89 bits per heavy atom. The highest BCUT2D eigenvalue weighted by molar-refractivity contribution is 5.54. The zero-order valence-electron chi connectivity index (χ0n) is 10.7. The van der Waals surface area contributed by atoms with Crippen LogP contribution in [0.1, 0.15) is 24.3 Å². The molecule has 2 aromatic rings. The molecule has 0 amide bonds. The number of benzene rings is 1. The lowest BCUT2D eigenvalue weighted by molar-refractivity contribution is 0.199. The third-order valence-corrected chi connectivity index (χ3v) is 2.92. The molecule has 3 nitrogen and oxygen atoms in total. The Hall–Kier alpha value is -1.87. The molecular formula is C15H18N2O. The first-order chi connectivity index (χ1) is 8.68. The highest BCUT2D eigenvalue weighted by Crippen LogP contribution is 2.25. The predicted octanol–water partition coefficient (Wildman–Crippen LogP) is 2.77. The average Bonchev–Trinajstić information content (AvgIpc) is 2.40. The monoisotopic (exact) mass is 242 g/mol. The molecule has 1 atom stereocenters. The van der Waals surface area contributed by atoms with Crippen molar-refractivity contribution in [1.29, 1.82) is 0 Å². The molecule has 0 aliphatic heterocycles. The first-order valence-corrected chi connectivity index (χ1v) is 6.06. The van der Waals surface area contributed by atoms with E-state index in [1.54, 1.807) is 13.1 Å². The molecule has 1 aromatic carbocycles. The molecule has 0 saturated heterocycles. The summed E-state index contributed by atoms with van der Waals surface area (Å²) in [5.74, 6) is 0. The van der Waals surface area contributed by atoms with E-state index in [9.17, 15) is 5.11 Å². The summed E-state index contributed by atoms with van der Waals surface area (Å²) in [5, 5.41) is 9.78. The fourth-order valence-corrected chi connectivity index (χ4v) is 2.01. The van der Waals surface area contributed by atoms with Gasteiger partial charge >= 0.3 is 0 Å². The van der Waals surface area contributed by atoms with Gasteiger partial charge in [0, 0.05) is 24.5 Å². The number of para-hydroxylation sites is 1. The maximum absolute atomic E-state index is 9.78. The highest BCUT2D eigenvalue weighted by Gasteiger charge is 2.11. The van der Waals surface area contributed by atoms with Crippen molar-refractivity contribution in [1.82, 2.24) is 4.98 Å². The fraction of sp³-hybridized carbons (Fsp3) is 0.267. The number of aliphatic hydroxyl groups is 1. The van der Waals surface area contributed by atoms with Crippen LogP contribution in [-0.2, 0) is 6.54 Å². The molecular weight excluding hydrogens is 224 g/mol. The zero-order valence-corrected chi connectivity index (χ0v) is 10.7. The lowest BCUT2D eigenvalue weighted by Gasteiger charge is -2.23. The molecule has 0 radical (unpaired) electrons. The normalized spacial score (nSPS) is 12.2. The lowest BCUT2D eigenvalue weighted by Crippen LogP contribution is -2.19. The van der Waals surface area contributed by atoms with Crippen LogP contribution in [0.5, 0.6) is 0 Å². The van der Waals surface area contributed by atoms with Gasteiger partial charge in [-0.05, 0) is 25.1 Å². The summed E-state index contributed by atoms with van der Waals surface area (Å²) >= 11 is 0. The molecule has 0 saturated carbocycles. The third kappa shape index (κ3) is 2.87. The van der Waals surface area contributed by atoms with Crippen LogP contribution in [0.4, 0.5) is 5.69 Å². The Labute approximate surface area is 108 Å². The minimum Gasteiger partial charge on any atom is -0.389 e. The summed E-state index contributed by atoms with van der Waals surface area (Å²) in [6.45, 7) is 2.51. The van der Waals surface area contributed by atoms with Gasteiger partial charge in [0.15, 0.2) is 0 Å². The summed E-state index contributed by atoms with van der Waals surface area (Å²) in [6, 6.07) is 13.8. The van der Waals surface area contributed by atoms with E-state index < -0.39 is 6.10 Å². The Morgan fingerprint density at radius 1 is 1.17 bits per heavy atom. The van der Waals surface area contributed by atoms with E-state index in [2.05, 4.69) is 9.88 Å². The SMILES string of the molecule is CC(O)c1ccccc1N(C)Cc1ccccn1. The molecule has 0 aliphatic carbocycles. The second-order valence-electron chi connectivity index (χ2n) is 4.41. The number of hydrogen-bond donors (Lipinski definition) is 1. The Kier molecular flexibility index (Phi) is 3.95. The second-order valence-corrected chi connectivity index (χ2v) is 4.41. The number of aromatic nitrogens is 1. The maximum Gasteiger partial charge on any atom is 0.0781 e. The van der Waals surface area contributed by atoms with Gasteiger partial charge in [-0.3, -0.25) is 4.98 Å². The molecule has 2 rings (SSSR count). The molecule has 1 unspecified atom stereocenters. The Balaban J connectivity index is 2.21. The van der Waals surface area contributed by atoms with E-state index in [1.807, 2.05) is 49.5 Å². The van der Waals surface area contributed by atoms with Crippen LogP contribution in [0.25, 0.3) is 0 Å². The van der Waals surface area contributed by atoms with Crippen LogP contribution in [0, 0.1) is 0 Å². The third-order valence-electron chi connectivity index (χ3n) is 2.92. The second kappa shape index (κ2) is 5.65. The van der Waals surface area contributed by atoms with Gasteiger partial charge in [0.25, 0.3) is 0 Å². The maximum atomic E-state index is 9.78. The highest BCUT2D eigenvalue weighted by atomic mass is 16.3. The van der Waals surface area contributed by atoms with Crippen molar-refractivity contribution in [2.24, 2.45) is 0 Å². The zero-order chi connectivity index (χ0) is 13.0. The smallest absolute Gasteiger partial charge is 0.0781 e. The Bertz CT molecular complexity index is 497. The Morgan fingerprint density at radius 3 is 2.56 bits per heavy atom. The molecule has 0 fully saturated rings. The number of rotatable bonds is 4. The van der Waals surface area contributed by atoms with E-state index in [-0.39, 0.29) is 0 Å². The average molecular weight is 242 g/mol. The van der Waals surface area contributed by atoms with Gasteiger partial charge in [0.2, 0.25) is 0 Å². The first kappa shape index (κ1) is 12.6. The summed E-state index contributed by atoms with van der Waals surface area (Å²) in [7, 11) is 2.01. The molecule has 1 N–H and O–H groups in total. The van der Waals surface area contributed by atoms with Gasteiger partial charge in [-0.2, -0.15) is 0 Å². The van der Waals surface area contributed by atoms with Crippen LogP contribution < -0.4 is 4.90 Å². The van der Waals surface area contributed by atoms with Crippen LogP contribution >= 0.6 is 0 Å². The van der Waals surface area contributed by atoms with Crippen molar-refractivity contribution in [3.8, 4) is 0 Å². The number of aliphatic hydroxyl groups excluding tert-OH is 1. The quantitative estimate of drug-likeness (QED) is 0.895. The van der Waals surface area contributed by atoms with Crippen LogP contribution in [0.15, 0.2) is 48.7 Å². The van der Waals surface area contributed by atoms with Crippen LogP contribution in [0.2, 0.25) is 0 Å². The minimum absolute atomic E-state index is 0.465. The molecule has 18 heavy (non-hydrogen) atoms. The predicted molar refractivity (Wildman–Crippen MR) is 73.4 cm³/mol. The van der Waals surface area contributed by atoms with Crippen molar-refractivity contribution in [3.05, 3.63) is 59.9 Å². The van der Waals surface area contributed by atoms with E-state index in [0.717, 1.165) is 23.5 Å². The summed E-state index contributed by atoms with van der Waals surface area (Å²) in [4.78, 5) is 6.42. The number of anilines is 1. The summed E-state index contributed by atoms with van der Waals surface area (Å²) in [6.07, 6.45) is 1.33. The van der Waals surface area contributed by atoms with Gasteiger partial charge in [0.05, 0.1) is 18.3 Å². The first-order valence-electron chi connectivity index (χ1n) is 6.06. The molecule has 1 heterocycles. The summed E-state index contributed by atoms with van der Waals surface area (Å²) < 4.78 is 0. The molecule has 0 spiro atoms. The topological polar surface area (TPSA) is 36.4 Å². The molecule has 0 bridgehead atoms. The largest absolute Gasteiger partial charge is 0.389 e. The van der Waals surface area contributed by atoms with Crippen molar-refractivity contribution in [2.75, 3.05) is 11.9 Å². The standard InChI is InChI=1S/C15H18N2O/c1-12(18)14-8-3-4-9-15(14)17(2)11-13-7-5-6-10-16-13/h3-10,12,18H,11H2,1-2H3. The number of hydrogen-bond acceptors (Lipinski definition) is 3. The van der Waals surface area contributed by atoms with Crippen molar-refractivity contribution in [3.63, 3.8) is 0 Å². The number of nitrogens with zero attached hydrogens (tertiary/aromatic N) is 2. The van der Waals surface area contributed by atoms with Gasteiger partial charge < -0.3 is 10.0 Å².